The van der Waals surface area contributed by atoms with E-state index in [9.17, 15) is 8.42 Å². The van der Waals surface area contributed by atoms with Gasteiger partial charge in [-0.2, -0.15) is 4.31 Å². The van der Waals surface area contributed by atoms with Crippen molar-refractivity contribution < 1.29 is 22.4 Å². The molecule has 2 heterocycles. The molecular weight excluding hydrogens is 356 g/mol. The number of benzene rings is 1. The summed E-state index contributed by atoms with van der Waals surface area (Å²) in [7, 11) is -0.682. The Morgan fingerprint density at radius 2 is 2.00 bits per heavy atom. The Bertz CT molecular complexity index is 862. The van der Waals surface area contributed by atoms with E-state index in [1.807, 2.05) is 6.07 Å². The third-order valence-corrected chi connectivity index (χ3v) is 6.48. The van der Waals surface area contributed by atoms with Crippen LogP contribution < -0.4 is 9.47 Å². The maximum Gasteiger partial charge on any atom is 0.243 e. The number of methoxy groups -OCH3 is 2. The molecule has 1 aromatic heterocycles. The highest BCUT2D eigenvalue weighted by Gasteiger charge is 2.38. The van der Waals surface area contributed by atoms with Gasteiger partial charge in [0.15, 0.2) is 11.5 Å². The van der Waals surface area contributed by atoms with E-state index in [0.29, 0.717) is 23.7 Å². The Morgan fingerprint density at radius 1 is 1.23 bits per heavy atom. The topological polar surface area (TPSA) is 81.9 Å². The van der Waals surface area contributed by atoms with Crippen molar-refractivity contribution in [2.75, 3.05) is 20.8 Å². The summed E-state index contributed by atoms with van der Waals surface area (Å²) < 4.78 is 43.7. The molecule has 1 aliphatic heterocycles. The SMILES string of the molecule is CCCc1cc([C@@H]2CCCN2S(=O)(=O)c2ccc(OC)c(OC)c2)no1. The minimum Gasteiger partial charge on any atom is -0.493 e. The quantitative estimate of drug-likeness (QED) is 0.734. The summed E-state index contributed by atoms with van der Waals surface area (Å²) in [4.78, 5) is 0.180. The lowest BCUT2D eigenvalue weighted by Gasteiger charge is -2.23. The molecule has 7 nitrogen and oxygen atoms in total. The van der Waals surface area contributed by atoms with Crippen molar-refractivity contribution >= 4 is 10.0 Å². The van der Waals surface area contributed by atoms with Gasteiger partial charge in [0.1, 0.15) is 11.5 Å². The molecule has 8 heteroatoms. The van der Waals surface area contributed by atoms with E-state index in [1.54, 1.807) is 6.07 Å². The second kappa shape index (κ2) is 7.67. The Hall–Kier alpha value is -2.06. The summed E-state index contributed by atoms with van der Waals surface area (Å²) in [5, 5.41) is 4.11. The minimum absolute atomic E-state index is 0.180. The van der Waals surface area contributed by atoms with Crippen molar-refractivity contribution in [3.05, 3.63) is 35.7 Å². The smallest absolute Gasteiger partial charge is 0.243 e. The summed E-state index contributed by atoms with van der Waals surface area (Å²) >= 11 is 0. The van der Waals surface area contributed by atoms with E-state index in [1.165, 1.54) is 30.7 Å². The lowest BCUT2D eigenvalue weighted by Crippen LogP contribution is -2.30. The number of rotatable bonds is 7. The molecule has 26 heavy (non-hydrogen) atoms. The average molecular weight is 380 g/mol. The number of hydrogen-bond acceptors (Lipinski definition) is 6. The molecule has 1 atom stereocenters. The molecule has 2 aromatic rings. The van der Waals surface area contributed by atoms with Gasteiger partial charge in [0.2, 0.25) is 10.0 Å². The Labute approximate surface area is 153 Å². The van der Waals surface area contributed by atoms with Crippen LogP contribution in [0.15, 0.2) is 33.7 Å². The lowest BCUT2D eigenvalue weighted by molar-refractivity contribution is 0.342. The van der Waals surface area contributed by atoms with E-state index in [2.05, 4.69) is 12.1 Å². The fourth-order valence-electron chi connectivity index (χ4n) is 3.29. The van der Waals surface area contributed by atoms with Gasteiger partial charge in [0, 0.05) is 25.1 Å². The molecule has 0 unspecified atom stereocenters. The predicted octanol–water partition coefficient (Wildman–Crippen LogP) is 3.17. The van der Waals surface area contributed by atoms with Crippen molar-refractivity contribution in [1.82, 2.24) is 9.46 Å². The normalized spacial score (nSPS) is 18.2. The molecule has 142 valence electrons. The fourth-order valence-corrected chi connectivity index (χ4v) is 4.97. The zero-order valence-corrected chi connectivity index (χ0v) is 16.1. The standard InChI is InChI=1S/C18H24N2O5S/c1-4-6-13-11-15(19-25-13)16-7-5-10-20(16)26(21,22)14-8-9-17(23-2)18(12-14)24-3/h8-9,11-12,16H,4-7,10H2,1-3H3/t16-/m0/s1. The first-order valence-electron chi connectivity index (χ1n) is 8.70. The Balaban J connectivity index is 1.92. The number of sulfonamides is 1. The maximum atomic E-state index is 13.2. The van der Waals surface area contributed by atoms with E-state index in [4.69, 9.17) is 14.0 Å². The van der Waals surface area contributed by atoms with Crippen molar-refractivity contribution in [3.8, 4) is 11.5 Å². The van der Waals surface area contributed by atoms with Crippen LogP contribution in [0.1, 0.15) is 43.7 Å². The highest BCUT2D eigenvalue weighted by molar-refractivity contribution is 7.89. The van der Waals surface area contributed by atoms with E-state index < -0.39 is 10.0 Å². The third-order valence-electron chi connectivity index (χ3n) is 4.58. The van der Waals surface area contributed by atoms with Gasteiger partial charge >= 0.3 is 0 Å². The first-order chi connectivity index (χ1) is 12.5. The van der Waals surface area contributed by atoms with E-state index in [-0.39, 0.29) is 10.9 Å². The van der Waals surface area contributed by atoms with Crippen LogP contribution in [0.3, 0.4) is 0 Å². The number of ether oxygens (including phenoxy) is 2. The molecule has 0 radical (unpaired) electrons. The van der Waals surface area contributed by atoms with Gasteiger partial charge in [-0.3, -0.25) is 0 Å². The molecular formula is C18H24N2O5S. The molecule has 1 saturated heterocycles. The van der Waals surface area contributed by atoms with Crippen LogP contribution in [-0.4, -0.2) is 38.6 Å². The van der Waals surface area contributed by atoms with Crippen molar-refractivity contribution in [1.29, 1.82) is 0 Å². The number of aryl methyl sites for hydroxylation is 1. The van der Waals surface area contributed by atoms with Crippen molar-refractivity contribution in [2.45, 2.75) is 43.5 Å². The van der Waals surface area contributed by atoms with E-state index in [0.717, 1.165) is 31.4 Å². The highest BCUT2D eigenvalue weighted by Crippen LogP contribution is 2.38. The number of nitrogens with zero attached hydrogens (tertiary/aromatic N) is 2. The van der Waals surface area contributed by atoms with Gasteiger partial charge in [-0.1, -0.05) is 12.1 Å². The lowest BCUT2D eigenvalue weighted by atomic mass is 10.1. The first-order valence-corrected chi connectivity index (χ1v) is 10.1. The second-order valence-corrected chi connectivity index (χ2v) is 8.15. The maximum absolute atomic E-state index is 13.2. The third kappa shape index (κ3) is 3.43. The second-order valence-electron chi connectivity index (χ2n) is 6.26. The highest BCUT2D eigenvalue weighted by atomic mass is 32.2. The molecule has 1 fully saturated rings. The Kier molecular flexibility index (Phi) is 5.52. The predicted molar refractivity (Wildman–Crippen MR) is 95.9 cm³/mol. The van der Waals surface area contributed by atoms with E-state index >= 15 is 0 Å². The van der Waals surface area contributed by atoms with Gasteiger partial charge in [0.25, 0.3) is 0 Å². The number of aromatic nitrogens is 1. The van der Waals surface area contributed by atoms with Gasteiger partial charge in [-0.25, -0.2) is 8.42 Å². The van der Waals surface area contributed by atoms with Crippen LogP contribution in [-0.2, 0) is 16.4 Å². The molecule has 0 spiro atoms. The van der Waals surface area contributed by atoms with Crippen LogP contribution >= 0.6 is 0 Å². The van der Waals surface area contributed by atoms with Gasteiger partial charge in [0.05, 0.1) is 25.2 Å². The first kappa shape index (κ1) is 18.7. The molecule has 0 saturated carbocycles. The Morgan fingerprint density at radius 3 is 2.69 bits per heavy atom. The van der Waals surface area contributed by atoms with Crippen LogP contribution in [0.2, 0.25) is 0 Å². The fraction of sp³-hybridized carbons (Fsp3) is 0.500. The summed E-state index contributed by atoms with van der Waals surface area (Å²) in [6, 6.07) is 6.21. The van der Waals surface area contributed by atoms with Gasteiger partial charge in [-0.15, -0.1) is 0 Å². The van der Waals surface area contributed by atoms with Crippen LogP contribution in [0.25, 0.3) is 0 Å². The number of hydrogen-bond donors (Lipinski definition) is 0. The zero-order valence-electron chi connectivity index (χ0n) is 15.3. The van der Waals surface area contributed by atoms with Crippen LogP contribution in [0.4, 0.5) is 0 Å². The molecule has 1 aliphatic rings. The molecule has 0 bridgehead atoms. The summed E-state index contributed by atoms with van der Waals surface area (Å²) in [5.74, 6) is 1.67. The summed E-state index contributed by atoms with van der Waals surface area (Å²) in [6.07, 6.45) is 3.26. The largest absolute Gasteiger partial charge is 0.493 e. The monoisotopic (exact) mass is 380 g/mol. The van der Waals surface area contributed by atoms with Crippen molar-refractivity contribution in [3.63, 3.8) is 0 Å². The van der Waals surface area contributed by atoms with Crippen LogP contribution in [0, 0.1) is 0 Å². The van der Waals surface area contributed by atoms with Crippen molar-refractivity contribution in [2.24, 2.45) is 0 Å². The summed E-state index contributed by atoms with van der Waals surface area (Å²) in [6.45, 7) is 2.52. The van der Waals surface area contributed by atoms with Gasteiger partial charge in [-0.05, 0) is 31.4 Å². The molecule has 1 aromatic carbocycles. The average Bonchev–Trinajstić information content (AvgIpc) is 3.30. The molecule has 3 rings (SSSR count). The minimum atomic E-state index is -3.68. The van der Waals surface area contributed by atoms with Crippen LogP contribution in [0.5, 0.6) is 11.5 Å². The molecule has 0 amide bonds. The summed E-state index contributed by atoms with van der Waals surface area (Å²) in [5.41, 5.74) is 0.676. The van der Waals surface area contributed by atoms with Gasteiger partial charge < -0.3 is 14.0 Å². The molecule has 0 aliphatic carbocycles. The zero-order chi connectivity index (χ0) is 18.7. The molecule has 0 N–H and O–H groups in total.